The molecule has 2 fully saturated rings. The standard InChI is InChI=1S/C33H36F6N8O/c1-19(46-15-5-3-13-25(46)30-40-28(42-44-30)21-9-7-11-23(17-21)32(34,35)36)27(48)20(2)47-16-6-4-14-26(47)31-41-29(43-45-31)22-10-8-12-24(18-22)33(37,38)39/h7-12,17-20,25-26H,3-6,13-16H2,1-2H3,(H,40,42,44)(H,41,43,45). The fraction of sp³-hybridized carbons (Fsp3) is 0.485. The summed E-state index contributed by atoms with van der Waals surface area (Å²) in [6, 6.07) is 8.16. The number of rotatable bonds is 8. The van der Waals surface area contributed by atoms with E-state index in [0.717, 1.165) is 49.9 Å². The summed E-state index contributed by atoms with van der Waals surface area (Å²) >= 11 is 0. The number of alkyl halides is 6. The van der Waals surface area contributed by atoms with Gasteiger partial charge in [-0.1, -0.05) is 37.1 Å². The number of aromatic nitrogens is 6. The fourth-order valence-electron chi connectivity index (χ4n) is 6.87. The van der Waals surface area contributed by atoms with Gasteiger partial charge >= 0.3 is 12.4 Å². The number of halogens is 6. The minimum Gasteiger partial charge on any atom is -0.296 e. The SMILES string of the molecule is CC(C(=O)C(C)N1CCCCC1c1nc(-c2cccc(C(F)(F)F)c2)n[nH]1)N1CCCCC1c1nc(-c2cccc(C(F)(F)F)c2)n[nH]1. The van der Waals surface area contributed by atoms with Gasteiger partial charge < -0.3 is 0 Å². The summed E-state index contributed by atoms with van der Waals surface area (Å²) in [5.74, 6) is 1.29. The number of likely N-dealkylation sites (tertiary alicyclic amines) is 2. The predicted molar refractivity (Wildman–Crippen MR) is 164 cm³/mol. The molecule has 15 heteroatoms. The van der Waals surface area contributed by atoms with E-state index in [1.54, 1.807) is 0 Å². The van der Waals surface area contributed by atoms with E-state index in [1.165, 1.54) is 24.3 Å². The van der Waals surface area contributed by atoms with Gasteiger partial charge in [0.05, 0.1) is 35.3 Å². The molecule has 0 aliphatic carbocycles. The largest absolute Gasteiger partial charge is 0.416 e. The minimum atomic E-state index is -4.49. The molecule has 48 heavy (non-hydrogen) atoms. The van der Waals surface area contributed by atoms with E-state index in [2.05, 4.69) is 40.2 Å². The average Bonchev–Trinajstić information content (AvgIpc) is 3.78. The molecule has 9 nitrogen and oxygen atoms in total. The van der Waals surface area contributed by atoms with Gasteiger partial charge in [0.1, 0.15) is 11.6 Å². The van der Waals surface area contributed by atoms with Crippen molar-refractivity contribution in [1.82, 2.24) is 40.2 Å². The van der Waals surface area contributed by atoms with E-state index < -0.39 is 35.6 Å². The minimum absolute atomic E-state index is 0.0102. The molecule has 2 saturated heterocycles. The number of carbonyl (C=O) groups excluding carboxylic acids is 1. The molecule has 2 aromatic carbocycles. The number of hydrogen-bond acceptors (Lipinski definition) is 7. The average molecular weight is 675 g/mol. The van der Waals surface area contributed by atoms with Gasteiger partial charge in [-0.25, -0.2) is 9.97 Å². The van der Waals surface area contributed by atoms with Gasteiger partial charge in [-0.2, -0.15) is 36.5 Å². The van der Waals surface area contributed by atoms with Crippen LogP contribution in [0.25, 0.3) is 22.8 Å². The number of Topliss-reactive ketones (excluding diaryl/α,β-unsaturated/α-hetero) is 1. The highest BCUT2D eigenvalue weighted by atomic mass is 19.4. The second-order valence-corrected chi connectivity index (χ2v) is 12.5. The molecule has 0 amide bonds. The number of nitrogens with one attached hydrogen (secondary N) is 2. The Labute approximate surface area is 273 Å². The van der Waals surface area contributed by atoms with Crippen LogP contribution in [-0.4, -0.2) is 71.1 Å². The molecule has 0 spiro atoms. The second kappa shape index (κ2) is 13.4. The Morgan fingerprint density at radius 2 is 1.12 bits per heavy atom. The molecular weight excluding hydrogens is 638 g/mol. The molecule has 2 aromatic heterocycles. The third-order valence-electron chi connectivity index (χ3n) is 9.44. The first-order chi connectivity index (χ1) is 22.8. The predicted octanol–water partition coefficient (Wildman–Crippen LogP) is 7.39. The van der Waals surface area contributed by atoms with Crippen LogP contribution in [0.4, 0.5) is 26.3 Å². The zero-order valence-corrected chi connectivity index (χ0v) is 26.4. The van der Waals surface area contributed by atoms with Crippen molar-refractivity contribution < 1.29 is 31.1 Å². The van der Waals surface area contributed by atoms with Crippen LogP contribution in [0.2, 0.25) is 0 Å². The molecule has 0 radical (unpaired) electrons. The maximum absolute atomic E-state index is 14.1. The van der Waals surface area contributed by atoms with Crippen LogP contribution >= 0.6 is 0 Å². The molecule has 2 aliphatic rings. The van der Waals surface area contributed by atoms with Crippen LogP contribution in [0.15, 0.2) is 48.5 Å². The van der Waals surface area contributed by atoms with Crippen molar-refractivity contribution in [2.24, 2.45) is 0 Å². The van der Waals surface area contributed by atoms with E-state index >= 15 is 0 Å². The molecule has 4 heterocycles. The number of ketones is 1. The van der Waals surface area contributed by atoms with E-state index in [0.29, 0.717) is 37.6 Å². The van der Waals surface area contributed by atoms with Gasteiger partial charge in [-0.3, -0.25) is 24.8 Å². The number of benzene rings is 2. The van der Waals surface area contributed by atoms with Crippen molar-refractivity contribution in [2.45, 2.75) is 88.9 Å². The van der Waals surface area contributed by atoms with Crippen LogP contribution in [0.5, 0.6) is 0 Å². The number of aromatic amines is 2. The third kappa shape index (κ3) is 7.02. The number of piperidine rings is 2. The third-order valence-corrected chi connectivity index (χ3v) is 9.44. The first-order valence-corrected chi connectivity index (χ1v) is 16.1. The molecule has 0 saturated carbocycles. The lowest BCUT2D eigenvalue weighted by Gasteiger charge is -2.42. The lowest BCUT2D eigenvalue weighted by Crippen LogP contribution is -2.52. The topological polar surface area (TPSA) is 107 Å². The summed E-state index contributed by atoms with van der Waals surface area (Å²) < 4.78 is 79.8. The van der Waals surface area contributed by atoms with E-state index in [-0.39, 0.29) is 40.6 Å². The zero-order chi connectivity index (χ0) is 34.2. The van der Waals surface area contributed by atoms with Crippen LogP contribution in [0.1, 0.15) is 87.2 Å². The van der Waals surface area contributed by atoms with E-state index in [1.807, 2.05) is 13.8 Å². The molecule has 6 rings (SSSR count). The van der Waals surface area contributed by atoms with Gasteiger partial charge in [0, 0.05) is 11.1 Å². The number of hydrogen-bond donors (Lipinski definition) is 2. The molecule has 4 aromatic rings. The Balaban J connectivity index is 1.19. The highest BCUT2D eigenvalue weighted by molar-refractivity contribution is 5.88. The monoisotopic (exact) mass is 674 g/mol. The van der Waals surface area contributed by atoms with Crippen molar-refractivity contribution >= 4 is 5.78 Å². The van der Waals surface area contributed by atoms with Crippen LogP contribution in [0.3, 0.4) is 0 Å². The van der Waals surface area contributed by atoms with Crippen molar-refractivity contribution in [2.75, 3.05) is 13.1 Å². The fourth-order valence-corrected chi connectivity index (χ4v) is 6.87. The quantitative estimate of drug-likeness (QED) is 0.188. The lowest BCUT2D eigenvalue weighted by atomic mass is 9.93. The van der Waals surface area contributed by atoms with Crippen molar-refractivity contribution in [3.8, 4) is 22.8 Å². The Morgan fingerprint density at radius 3 is 1.52 bits per heavy atom. The Kier molecular flexibility index (Phi) is 9.44. The molecule has 0 bridgehead atoms. The summed E-state index contributed by atoms with van der Waals surface area (Å²) in [6.45, 7) is 4.99. The van der Waals surface area contributed by atoms with Crippen molar-refractivity contribution in [1.29, 1.82) is 0 Å². The lowest BCUT2D eigenvalue weighted by molar-refractivity contribution is -0.138. The number of H-pyrrole nitrogens is 2. The van der Waals surface area contributed by atoms with Crippen LogP contribution in [-0.2, 0) is 17.1 Å². The molecule has 256 valence electrons. The summed E-state index contributed by atoms with van der Waals surface area (Å²) in [4.78, 5) is 27.4. The van der Waals surface area contributed by atoms with Gasteiger partial charge in [0.2, 0.25) is 0 Å². The van der Waals surface area contributed by atoms with E-state index in [4.69, 9.17) is 0 Å². The van der Waals surface area contributed by atoms with Gasteiger partial charge in [0.15, 0.2) is 17.4 Å². The summed E-state index contributed by atoms with van der Waals surface area (Å²) in [5.41, 5.74) is -1.08. The zero-order valence-electron chi connectivity index (χ0n) is 26.4. The Bertz CT molecular complexity index is 1610. The van der Waals surface area contributed by atoms with Gasteiger partial charge in [0.25, 0.3) is 0 Å². The van der Waals surface area contributed by atoms with Gasteiger partial charge in [-0.15, -0.1) is 0 Å². The molecule has 4 atom stereocenters. The first kappa shape index (κ1) is 33.8. The molecule has 2 N–H and O–H groups in total. The van der Waals surface area contributed by atoms with Crippen LogP contribution in [0, 0.1) is 0 Å². The Hall–Kier alpha value is -4.11. The molecule has 2 aliphatic heterocycles. The molecular formula is C33H36F6N8O. The summed E-state index contributed by atoms with van der Waals surface area (Å²) in [7, 11) is 0. The number of nitrogens with zero attached hydrogens (tertiary/aromatic N) is 6. The van der Waals surface area contributed by atoms with Crippen molar-refractivity contribution in [3.05, 3.63) is 71.3 Å². The van der Waals surface area contributed by atoms with E-state index in [9.17, 15) is 31.1 Å². The molecule has 4 unspecified atom stereocenters. The maximum Gasteiger partial charge on any atom is 0.416 e. The highest BCUT2D eigenvalue weighted by Crippen LogP contribution is 2.37. The summed E-state index contributed by atoms with van der Waals surface area (Å²) in [6.07, 6.45) is -4.05. The summed E-state index contributed by atoms with van der Waals surface area (Å²) in [5, 5.41) is 14.3. The smallest absolute Gasteiger partial charge is 0.296 e. The van der Waals surface area contributed by atoms with Crippen molar-refractivity contribution in [3.63, 3.8) is 0 Å². The van der Waals surface area contributed by atoms with Crippen LogP contribution < -0.4 is 0 Å². The first-order valence-electron chi connectivity index (χ1n) is 16.1. The second-order valence-electron chi connectivity index (χ2n) is 12.5. The normalized spacial score (nSPS) is 21.2. The number of carbonyl (C=O) groups is 1. The highest BCUT2D eigenvalue weighted by Gasteiger charge is 2.40. The maximum atomic E-state index is 14.1. The van der Waals surface area contributed by atoms with Gasteiger partial charge in [-0.05, 0) is 76.9 Å². The Morgan fingerprint density at radius 1 is 0.708 bits per heavy atom.